The van der Waals surface area contributed by atoms with Crippen LogP contribution in [0.15, 0.2) is 47.8 Å². The van der Waals surface area contributed by atoms with E-state index in [1.165, 1.54) is 6.42 Å². The van der Waals surface area contributed by atoms with Crippen LogP contribution in [0.25, 0.3) is 6.08 Å². The minimum atomic E-state index is 0.430. The molecule has 0 saturated carbocycles. The molecule has 1 aromatic carbocycles. The van der Waals surface area contributed by atoms with Gasteiger partial charge in [0.1, 0.15) is 11.4 Å². The number of aromatic nitrogens is 2. The predicted molar refractivity (Wildman–Crippen MR) is 82.5 cm³/mol. The molecule has 0 fully saturated rings. The monoisotopic (exact) mass is 279 g/mol. The fourth-order valence-electron chi connectivity index (χ4n) is 2.48. The molecule has 0 aliphatic heterocycles. The van der Waals surface area contributed by atoms with Gasteiger partial charge in [-0.1, -0.05) is 41.6 Å². The standard InChI is InChI=1S/C17H17N3O/c21-20-16(11-10-13-6-2-1-3-7-13)17-12-18-14-8-4-5-9-15(14)19-17/h1-3,6-7,10-12,21H,4-5,8-9H2/b11-10+,20-16?. The van der Waals surface area contributed by atoms with E-state index in [0.717, 1.165) is 36.2 Å². The maximum Gasteiger partial charge on any atom is 0.129 e. The minimum Gasteiger partial charge on any atom is -0.410 e. The molecule has 1 aromatic heterocycles. The molecule has 21 heavy (non-hydrogen) atoms. The van der Waals surface area contributed by atoms with E-state index in [9.17, 15) is 5.21 Å². The topological polar surface area (TPSA) is 58.4 Å². The van der Waals surface area contributed by atoms with Gasteiger partial charge in [0.05, 0.1) is 17.6 Å². The van der Waals surface area contributed by atoms with Crippen molar-refractivity contribution in [2.75, 3.05) is 0 Å². The van der Waals surface area contributed by atoms with Gasteiger partial charge in [0.25, 0.3) is 0 Å². The predicted octanol–water partition coefficient (Wildman–Crippen LogP) is 3.25. The number of aryl methyl sites for hydroxylation is 2. The molecular weight excluding hydrogens is 262 g/mol. The Hall–Kier alpha value is -2.49. The number of nitrogens with zero attached hydrogens (tertiary/aromatic N) is 3. The summed E-state index contributed by atoms with van der Waals surface area (Å²) in [6.07, 6.45) is 9.62. The molecule has 1 aliphatic rings. The summed E-state index contributed by atoms with van der Waals surface area (Å²) in [7, 11) is 0. The zero-order valence-corrected chi connectivity index (χ0v) is 11.7. The van der Waals surface area contributed by atoms with Crippen molar-refractivity contribution in [1.29, 1.82) is 0 Å². The van der Waals surface area contributed by atoms with E-state index >= 15 is 0 Å². The van der Waals surface area contributed by atoms with Crippen LogP contribution in [-0.2, 0) is 12.8 Å². The highest BCUT2D eigenvalue weighted by Crippen LogP contribution is 2.17. The van der Waals surface area contributed by atoms with Gasteiger partial charge in [0, 0.05) is 0 Å². The molecule has 0 spiro atoms. The van der Waals surface area contributed by atoms with E-state index in [2.05, 4.69) is 15.1 Å². The van der Waals surface area contributed by atoms with Gasteiger partial charge in [-0.25, -0.2) is 4.98 Å². The highest BCUT2D eigenvalue weighted by atomic mass is 16.4. The van der Waals surface area contributed by atoms with Crippen LogP contribution in [0.2, 0.25) is 0 Å². The lowest BCUT2D eigenvalue weighted by Gasteiger charge is -2.13. The molecule has 1 heterocycles. The smallest absolute Gasteiger partial charge is 0.129 e. The summed E-state index contributed by atoms with van der Waals surface area (Å²) in [6.45, 7) is 0. The summed E-state index contributed by atoms with van der Waals surface area (Å²) in [5, 5.41) is 12.6. The quantitative estimate of drug-likeness (QED) is 0.533. The Kier molecular flexibility index (Phi) is 4.05. The number of allylic oxidation sites excluding steroid dienone is 1. The Morgan fingerprint density at radius 3 is 2.62 bits per heavy atom. The molecule has 0 radical (unpaired) electrons. The van der Waals surface area contributed by atoms with Gasteiger partial charge in [-0.2, -0.15) is 0 Å². The van der Waals surface area contributed by atoms with Gasteiger partial charge >= 0.3 is 0 Å². The van der Waals surface area contributed by atoms with Crippen LogP contribution >= 0.6 is 0 Å². The van der Waals surface area contributed by atoms with Crippen LogP contribution in [0.1, 0.15) is 35.5 Å². The second kappa shape index (κ2) is 6.31. The maximum atomic E-state index is 9.23. The Labute approximate surface area is 123 Å². The Balaban J connectivity index is 1.85. The fraction of sp³-hybridized carbons (Fsp3) is 0.235. The maximum absolute atomic E-state index is 9.23. The first kappa shape index (κ1) is 13.5. The molecular formula is C17H17N3O. The van der Waals surface area contributed by atoms with Crippen molar-refractivity contribution in [2.24, 2.45) is 5.16 Å². The number of benzene rings is 1. The molecule has 4 nitrogen and oxygen atoms in total. The SMILES string of the molecule is ON=C(/C=C/c1ccccc1)c1cnc2c(n1)CCCC2. The summed E-state index contributed by atoms with van der Waals surface area (Å²) in [6, 6.07) is 9.88. The third-order valence-corrected chi connectivity index (χ3v) is 3.61. The summed E-state index contributed by atoms with van der Waals surface area (Å²) in [5.74, 6) is 0. The van der Waals surface area contributed by atoms with E-state index in [1.807, 2.05) is 36.4 Å². The number of hydrogen-bond acceptors (Lipinski definition) is 4. The zero-order chi connectivity index (χ0) is 14.5. The third kappa shape index (κ3) is 3.16. The van der Waals surface area contributed by atoms with Gasteiger partial charge in [0.2, 0.25) is 0 Å². The van der Waals surface area contributed by atoms with Crippen molar-refractivity contribution in [3.63, 3.8) is 0 Å². The molecule has 1 N–H and O–H groups in total. The van der Waals surface area contributed by atoms with Crippen molar-refractivity contribution in [1.82, 2.24) is 9.97 Å². The lowest BCUT2D eigenvalue weighted by atomic mass is 10.0. The molecule has 0 bridgehead atoms. The molecule has 4 heteroatoms. The van der Waals surface area contributed by atoms with E-state index in [1.54, 1.807) is 12.3 Å². The highest BCUT2D eigenvalue weighted by Gasteiger charge is 2.14. The van der Waals surface area contributed by atoms with Crippen molar-refractivity contribution < 1.29 is 5.21 Å². The van der Waals surface area contributed by atoms with Gasteiger partial charge < -0.3 is 5.21 Å². The summed E-state index contributed by atoms with van der Waals surface area (Å²) < 4.78 is 0. The first-order chi connectivity index (χ1) is 10.4. The molecule has 106 valence electrons. The molecule has 0 saturated heterocycles. The third-order valence-electron chi connectivity index (χ3n) is 3.61. The van der Waals surface area contributed by atoms with Crippen molar-refractivity contribution in [3.8, 4) is 0 Å². The largest absolute Gasteiger partial charge is 0.410 e. The summed E-state index contributed by atoms with van der Waals surface area (Å²) >= 11 is 0. The average molecular weight is 279 g/mol. The first-order valence-corrected chi connectivity index (χ1v) is 7.17. The fourth-order valence-corrected chi connectivity index (χ4v) is 2.48. The van der Waals surface area contributed by atoms with Gasteiger partial charge in [-0.3, -0.25) is 4.98 Å². The lowest BCUT2D eigenvalue weighted by Crippen LogP contribution is -2.12. The van der Waals surface area contributed by atoms with E-state index in [0.29, 0.717) is 11.4 Å². The van der Waals surface area contributed by atoms with Crippen LogP contribution < -0.4 is 0 Å². The van der Waals surface area contributed by atoms with Crippen LogP contribution in [0.5, 0.6) is 0 Å². The molecule has 3 rings (SSSR count). The van der Waals surface area contributed by atoms with E-state index in [-0.39, 0.29) is 0 Å². The van der Waals surface area contributed by atoms with Gasteiger partial charge in [-0.15, -0.1) is 0 Å². The van der Waals surface area contributed by atoms with Crippen LogP contribution in [0, 0.1) is 0 Å². The molecule has 0 atom stereocenters. The number of fused-ring (bicyclic) bond motifs is 1. The zero-order valence-electron chi connectivity index (χ0n) is 11.7. The second-order valence-electron chi connectivity index (χ2n) is 5.08. The van der Waals surface area contributed by atoms with Crippen LogP contribution in [0.4, 0.5) is 0 Å². The molecule has 2 aromatic rings. The average Bonchev–Trinajstić information content (AvgIpc) is 2.56. The highest BCUT2D eigenvalue weighted by molar-refractivity contribution is 6.09. The lowest BCUT2D eigenvalue weighted by molar-refractivity contribution is 0.319. The summed E-state index contributed by atoms with van der Waals surface area (Å²) in [5.41, 5.74) is 4.21. The second-order valence-corrected chi connectivity index (χ2v) is 5.08. The molecule has 0 unspecified atom stereocenters. The Morgan fingerprint density at radius 2 is 1.86 bits per heavy atom. The van der Waals surface area contributed by atoms with Gasteiger partial charge in [-0.05, 0) is 37.3 Å². The molecule has 1 aliphatic carbocycles. The van der Waals surface area contributed by atoms with Gasteiger partial charge in [0.15, 0.2) is 0 Å². The summed E-state index contributed by atoms with van der Waals surface area (Å²) in [4.78, 5) is 9.05. The molecule has 0 amide bonds. The minimum absolute atomic E-state index is 0.430. The number of rotatable bonds is 3. The van der Waals surface area contributed by atoms with Crippen molar-refractivity contribution in [2.45, 2.75) is 25.7 Å². The van der Waals surface area contributed by atoms with Crippen LogP contribution in [0.3, 0.4) is 0 Å². The Bertz CT molecular complexity index is 678. The number of hydrogen-bond donors (Lipinski definition) is 1. The Morgan fingerprint density at radius 1 is 1.10 bits per heavy atom. The van der Waals surface area contributed by atoms with Crippen molar-refractivity contribution >= 4 is 11.8 Å². The first-order valence-electron chi connectivity index (χ1n) is 7.17. The van der Waals surface area contributed by atoms with E-state index < -0.39 is 0 Å². The van der Waals surface area contributed by atoms with Crippen molar-refractivity contribution in [3.05, 3.63) is 65.2 Å². The van der Waals surface area contributed by atoms with E-state index in [4.69, 9.17) is 0 Å². The number of oxime groups is 1. The normalized spacial score (nSPS) is 15.1. The van der Waals surface area contributed by atoms with Crippen LogP contribution in [-0.4, -0.2) is 20.9 Å².